The van der Waals surface area contributed by atoms with Crippen molar-refractivity contribution in [3.63, 3.8) is 0 Å². The molecule has 1 heterocycles. The van der Waals surface area contributed by atoms with Gasteiger partial charge in [0, 0.05) is 12.1 Å². The third kappa shape index (κ3) is 3.75. The van der Waals surface area contributed by atoms with Crippen molar-refractivity contribution in [2.45, 2.75) is 26.9 Å². The van der Waals surface area contributed by atoms with Crippen molar-refractivity contribution in [3.8, 4) is 0 Å². The summed E-state index contributed by atoms with van der Waals surface area (Å²) in [6, 6.07) is 5.71. The third-order valence-corrected chi connectivity index (χ3v) is 3.18. The van der Waals surface area contributed by atoms with Gasteiger partial charge in [-0.3, -0.25) is 14.9 Å². The fourth-order valence-corrected chi connectivity index (χ4v) is 2.00. The van der Waals surface area contributed by atoms with E-state index in [0.29, 0.717) is 11.3 Å². The van der Waals surface area contributed by atoms with Gasteiger partial charge >= 0.3 is 5.97 Å². The monoisotopic (exact) mass is 333 g/mol. The van der Waals surface area contributed by atoms with Gasteiger partial charge in [-0.2, -0.15) is 0 Å². The number of amides is 1. The lowest BCUT2D eigenvalue weighted by atomic mass is 10.1. The van der Waals surface area contributed by atoms with E-state index in [1.165, 1.54) is 25.1 Å². The number of hydrogen-bond donors (Lipinski definition) is 1. The van der Waals surface area contributed by atoms with Crippen molar-refractivity contribution in [1.29, 1.82) is 0 Å². The van der Waals surface area contributed by atoms with Crippen LogP contribution >= 0.6 is 0 Å². The lowest BCUT2D eigenvalue weighted by Crippen LogP contribution is -2.30. The molecule has 1 atom stereocenters. The fraction of sp³-hybridized carbons (Fsp3) is 0.267. The third-order valence-electron chi connectivity index (χ3n) is 3.18. The van der Waals surface area contributed by atoms with Crippen molar-refractivity contribution >= 4 is 23.4 Å². The molecule has 1 amide bonds. The quantitative estimate of drug-likeness (QED) is 0.506. The first-order valence-corrected chi connectivity index (χ1v) is 6.98. The van der Waals surface area contributed by atoms with Crippen LogP contribution < -0.4 is 5.32 Å². The summed E-state index contributed by atoms with van der Waals surface area (Å²) in [5.74, 6) is -0.889. The second-order valence-electron chi connectivity index (χ2n) is 5.09. The van der Waals surface area contributed by atoms with E-state index >= 15 is 0 Å². The van der Waals surface area contributed by atoms with Crippen molar-refractivity contribution in [2.24, 2.45) is 0 Å². The Balaban J connectivity index is 2.12. The van der Waals surface area contributed by atoms with Gasteiger partial charge in [-0.15, -0.1) is 0 Å². The maximum absolute atomic E-state index is 12.2. The predicted molar refractivity (Wildman–Crippen MR) is 82.6 cm³/mol. The summed E-state index contributed by atoms with van der Waals surface area (Å²) >= 11 is 0. The molecule has 2 rings (SSSR count). The summed E-state index contributed by atoms with van der Waals surface area (Å²) in [5.41, 5.74) is -0.173. The molecular formula is C15H15N3O6. The van der Waals surface area contributed by atoms with Crippen molar-refractivity contribution in [1.82, 2.24) is 5.16 Å². The Bertz CT molecular complexity index is 798. The lowest BCUT2D eigenvalue weighted by molar-refractivity contribution is -0.385. The molecule has 0 aliphatic rings. The van der Waals surface area contributed by atoms with Gasteiger partial charge in [-0.05, 0) is 26.3 Å². The van der Waals surface area contributed by atoms with E-state index < -0.39 is 22.9 Å². The number of carbonyl (C=O) groups is 2. The first-order chi connectivity index (χ1) is 11.3. The Labute approximate surface area is 136 Å². The number of anilines is 1. The minimum atomic E-state index is -1.17. The van der Waals surface area contributed by atoms with E-state index in [-0.39, 0.29) is 17.1 Å². The minimum absolute atomic E-state index is 0.181. The number of nitrogens with zero attached hydrogens (tertiary/aromatic N) is 2. The zero-order chi connectivity index (χ0) is 17.9. The second kappa shape index (κ2) is 6.90. The summed E-state index contributed by atoms with van der Waals surface area (Å²) in [7, 11) is 0. The van der Waals surface area contributed by atoms with Gasteiger partial charge in [0.15, 0.2) is 11.9 Å². The molecule has 0 fully saturated rings. The Kier molecular flexibility index (Phi) is 4.93. The van der Waals surface area contributed by atoms with Crippen LogP contribution in [0.1, 0.15) is 28.6 Å². The maximum atomic E-state index is 12.2. The van der Waals surface area contributed by atoms with Crippen LogP contribution in [-0.2, 0) is 9.53 Å². The summed E-state index contributed by atoms with van der Waals surface area (Å²) in [6.07, 6.45) is -1.17. The number of rotatable bonds is 5. The molecule has 0 radical (unpaired) electrons. The van der Waals surface area contributed by atoms with Crippen LogP contribution in [0.5, 0.6) is 0 Å². The summed E-state index contributed by atoms with van der Waals surface area (Å²) in [6.45, 7) is 4.56. The summed E-state index contributed by atoms with van der Waals surface area (Å²) in [4.78, 5) is 34.6. The van der Waals surface area contributed by atoms with E-state index in [9.17, 15) is 19.7 Å². The zero-order valence-electron chi connectivity index (χ0n) is 13.2. The number of nitrogens with one attached hydrogen (secondary N) is 1. The van der Waals surface area contributed by atoms with Gasteiger partial charge in [-0.25, -0.2) is 4.79 Å². The average molecular weight is 333 g/mol. The first kappa shape index (κ1) is 17.1. The number of aromatic nitrogens is 1. The highest BCUT2D eigenvalue weighted by Gasteiger charge is 2.27. The highest BCUT2D eigenvalue weighted by atomic mass is 16.6. The lowest BCUT2D eigenvalue weighted by Gasteiger charge is -2.13. The van der Waals surface area contributed by atoms with Crippen molar-refractivity contribution in [3.05, 3.63) is 51.3 Å². The molecule has 0 spiro atoms. The molecule has 1 unspecified atom stereocenters. The molecule has 0 saturated carbocycles. The number of aryl methyl sites for hydroxylation is 2. The van der Waals surface area contributed by atoms with Gasteiger partial charge in [0.2, 0.25) is 0 Å². The minimum Gasteiger partial charge on any atom is -0.449 e. The highest BCUT2D eigenvalue weighted by molar-refractivity contribution is 5.99. The molecule has 1 N–H and O–H groups in total. The molecule has 1 aromatic heterocycles. The maximum Gasteiger partial charge on any atom is 0.346 e. The number of hydrogen-bond acceptors (Lipinski definition) is 7. The van der Waals surface area contributed by atoms with Gasteiger partial charge in [0.05, 0.1) is 4.92 Å². The van der Waals surface area contributed by atoms with Crippen LogP contribution in [-0.4, -0.2) is 28.1 Å². The summed E-state index contributed by atoms with van der Waals surface area (Å²) < 4.78 is 9.84. The first-order valence-electron chi connectivity index (χ1n) is 6.98. The SMILES string of the molecule is Cc1cc(NC(=O)C(C)OC(=O)c2c(C)cccc2[N+](=O)[O-])no1. The van der Waals surface area contributed by atoms with Crippen LogP contribution in [0.4, 0.5) is 11.5 Å². The molecule has 24 heavy (non-hydrogen) atoms. The van der Waals surface area contributed by atoms with Crippen LogP contribution in [0.2, 0.25) is 0 Å². The van der Waals surface area contributed by atoms with Crippen LogP contribution in [0.25, 0.3) is 0 Å². The second-order valence-corrected chi connectivity index (χ2v) is 5.09. The van der Waals surface area contributed by atoms with Crippen LogP contribution in [0, 0.1) is 24.0 Å². The van der Waals surface area contributed by atoms with Crippen molar-refractivity contribution in [2.75, 3.05) is 5.32 Å². The molecule has 2 aromatic rings. The Morgan fingerprint density at radius 2 is 2.08 bits per heavy atom. The van der Waals surface area contributed by atoms with E-state index in [0.717, 1.165) is 0 Å². The number of nitro groups is 1. The molecule has 0 aliphatic carbocycles. The molecule has 0 saturated heterocycles. The largest absolute Gasteiger partial charge is 0.449 e. The van der Waals surface area contributed by atoms with Crippen LogP contribution in [0.3, 0.4) is 0 Å². The van der Waals surface area contributed by atoms with Gasteiger partial charge in [-0.1, -0.05) is 17.3 Å². The zero-order valence-corrected chi connectivity index (χ0v) is 13.2. The highest BCUT2D eigenvalue weighted by Crippen LogP contribution is 2.23. The molecule has 9 nitrogen and oxygen atoms in total. The van der Waals surface area contributed by atoms with E-state index in [1.54, 1.807) is 19.9 Å². The Morgan fingerprint density at radius 1 is 1.38 bits per heavy atom. The number of nitro benzene ring substituents is 1. The van der Waals surface area contributed by atoms with E-state index in [4.69, 9.17) is 9.26 Å². The fourth-order valence-electron chi connectivity index (χ4n) is 2.00. The number of esters is 1. The standard InChI is InChI=1S/C15H15N3O6/c1-8-5-4-6-11(18(21)22)13(8)15(20)23-10(3)14(19)16-12-7-9(2)24-17-12/h4-7,10H,1-3H3,(H,16,17,19). The van der Waals surface area contributed by atoms with E-state index in [2.05, 4.69) is 10.5 Å². The normalized spacial score (nSPS) is 11.6. The van der Waals surface area contributed by atoms with Gasteiger partial charge in [0.25, 0.3) is 11.6 Å². The average Bonchev–Trinajstić information content (AvgIpc) is 2.91. The Morgan fingerprint density at radius 3 is 2.67 bits per heavy atom. The number of carbonyl (C=O) groups excluding carboxylic acids is 2. The smallest absolute Gasteiger partial charge is 0.346 e. The predicted octanol–water partition coefficient (Wildman–Crippen LogP) is 2.38. The molecule has 9 heteroatoms. The van der Waals surface area contributed by atoms with Crippen LogP contribution in [0.15, 0.2) is 28.8 Å². The molecular weight excluding hydrogens is 318 g/mol. The van der Waals surface area contributed by atoms with E-state index in [1.807, 2.05) is 0 Å². The summed E-state index contributed by atoms with van der Waals surface area (Å²) in [5, 5.41) is 17.0. The molecule has 0 aliphatic heterocycles. The van der Waals surface area contributed by atoms with Crippen molar-refractivity contribution < 1.29 is 23.8 Å². The van der Waals surface area contributed by atoms with Gasteiger partial charge < -0.3 is 14.6 Å². The molecule has 0 bridgehead atoms. The molecule has 126 valence electrons. The number of benzene rings is 1. The molecule has 1 aromatic carbocycles. The van der Waals surface area contributed by atoms with Gasteiger partial charge in [0.1, 0.15) is 11.3 Å². The number of ether oxygens (including phenoxy) is 1. The Hall–Kier alpha value is -3.23. The topological polar surface area (TPSA) is 125 Å².